The van der Waals surface area contributed by atoms with Crippen molar-refractivity contribution in [3.8, 4) is 22.8 Å². The monoisotopic (exact) mass is 419 g/mol. The molecule has 0 saturated heterocycles. The van der Waals surface area contributed by atoms with Crippen LogP contribution in [0.15, 0.2) is 54.6 Å². The van der Waals surface area contributed by atoms with Crippen molar-refractivity contribution in [3.05, 3.63) is 59.6 Å². The second kappa shape index (κ2) is 9.26. The third-order valence-corrected chi connectivity index (χ3v) is 5.50. The molecule has 0 amide bonds. The average Bonchev–Trinajstić information content (AvgIpc) is 3.12. The number of nitrogens with two attached hydrogens (primary N) is 1. The van der Waals surface area contributed by atoms with E-state index in [0.29, 0.717) is 5.02 Å². The van der Waals surface area contributed by atoms with Gasteiger partial charge in [-0.05, 0) is 36.8 Å². The van der Waals surface area contributed by atoms with Crippen molar-refractivity contribution < 1.29 is 0 Å². The molecule has 6 heteroatoms. The van der Waals surface area contributed by atoms with E-state index in [-0.39, 0.29) is 5.95 Å². The molecule has 4 aromatic rings. The van der Waals surface area contributed by atoms with Gasteiger partial charge in [0.25, 0.3) is 0 Å². The predicted octanol–water partition coefficient (Wildman–Crippen LogP) is 6.37. The van der Waals surface area contributed by atoms with Gasteiger partial charge in [-0.3, -0.25) is 0 Å². The van der Waals surface area contributed by atoms with Crippen molar-refractivity contribution in [2.24, 2.45) is 0 Å². The fraction of sp³-hybridized carbons (Fsp3) is 0.292. The third-order valence-electron chi connectivity index (χ3n) is 5.25. The van der Waals surface area contributed by atoms with E-state index >= 15 is 0 Å². The molecule has 0 saturated carbocycles. The van der Waals surface area contributed by atoms with Gasteiger partial charge in [0, 0.05) is 17.1 Å². The third kappa shape index (κ3) is 4.46. The van der Waals surface area contributed by atoms with Crippen LogP contribution >= 0.6 is 11.6 Å². The normalized spacial score (nSPS) is 11.3. The van der Waals surface area contributed by atoms with Crippen LogP contribution in [0.4, 0.5) is 5.95 Å². The number of aromatic nitrogens is 4. The van der Waals surface area contributed by atoms with Gasteiger partial charge in [0.2, 0.25) is 5.95 Å². The Morgan fingerprint density at radius 1 is 0.867 bits per heavy atom. The maximum Gasteiger partial charge on any atom is 0.221 e. The molecule has 30 heavy (non-hydrogen) atoms. The summed E-state index contributed by atoms with van der Waals surface area (Å²) in [6.07, 6.45) is 6.11. The zero-order valence-corrected chi connectivity index (χ0v) is 17.9. The smallest absolute Gasteiger partial charge is 0.221 e. The number of hydrogen-bond acceptors (Lipinski definition) is 4. The molecule has 0 aliphatic rings. The van der Waals surface area contributed by atoms with Crippen molar-refractivity contribution >= 4 is 28.6 Å². The van der Waals surface area contributed by atoms with Gasteiger partial charge in [0.1, 0.15) is 5.69 Å². The van der Waals surface area contributed by atoms with Gasteiger partial charge in [0.15, 0.2) is 5.82 Å². The number of fused-ring (bicyclic) bond motifs is 1. The Morgan fingerprint density at radius 2 is 1.60 bits per heavy atom. The van der Waals surface area contributed by atoms with Crippen molar-refractivity contribution in [2.45, 2.75) is 45.6 Å². The number of rotatable bonds is 8. The van der Waals surface area contributed by atoms with E-state index in [1.807, 2.05) is 42.5 Å². The zero-order valence-electron chi connectivity index (χ0n) is 17.2. The summed E-state index contributed by atoms with van der Waals surface area (Å²) in [4.78, 5) is 13.8. The lowest BCUT2D eigenvalue weighted by molar-refractivity contribution is 0.578. The van der Waals surface area contributed by atoms with Gasteiger partial charge in [-0.15, -0.1) is 0 Å². The highest BCUT2D eigenvalue weighted by atomic mass is 35.5. The first-order chi connectivity index (χ1) is 14.7. The Hall–Kier alpha value is -2.92. The number of hydrogen-bond donors (Lipinski definition) is 1. The van der Waals surface area contributed by atoms with Gasteiger partial charge < -0.3 is 10.3 Å². The first-order valence-electron chi connectivity index (χ1n) is 10.5. The van der Waals surface area contributed by atoms with Gasteiger partial charge >= 0.3 is 0 Å². The molecule has 2 aromatic carbocycles. The summed E-state index contributed by atoms with van der Waals surface area (Å²) < 4.78 is 2.26. The van der Waals surface area contributed by atoms with Crippen molar-refractivity contribution in [1.82, 2.24) is 19.5 Å². The maximum absolute atomic E-state index is 6.08. The van der Waals surface area contributed by atoms with Crippen LogP contribution in [0, 0.1) is 0 Å². The molecule has 0 atom stereocenters. The summed E-state index contributed by atoms with van der Waals surface area (Å²) >= 11 is 6.03. The van der Waals surface area contributed by atoms with Crippen LogP contribution in [0.3, 0.4) is 0 Å². The molecular weight excluding hydrogens is 394 g/mol. The number of unbranched alkanes of at least 4 members (excludes halogenated alkanes) is 4. The van der Waals surface area contributed by atoms with E-state index in [9.17, 15) is 0 Å². The summed E-state index contributed by atoms with van der Waals surface area (Å²) in [5, 5.41) is 0.686. The van der Waals surface area contributed by atoms with Gasteiger partial charge in [-0.2, -0.15) is 0 Å². The van der Waals surface area contributed by atoms with E-state index < -0.39 is 0 Å². The van der Waals surface area contributed by atoms with Crippen molar-refractivity contribution in [3.63, 3.8) is 0 Å². The lowest BCUT2D eigenvalue weighted by atomic mass is 10.1. The number of nitrogens with zero attached hydrogens (tertiary/aromatic N) is 4. The molecule has 0 aliphatic heterocycles. The topological polar surface area (TPSA) is 69.6 Å². The van der Waals surface area contributed by atoms with Gasteiger partial charge in [-0.25, -0.2) is 15.0 Å². The minimum absolute atomic E-state index is 0.235. The van der Waals surface area contributed by atoms with Crippen LogP contribution < -0.4 is 5.73 Å². The second-order valence-electron chi connectivity index (χ2n) is 7.49. The van der Waals surface area contributed by atoms with Crippen LogP contribution in [-0.2, 0) is 6.54 Å². The SMILES string of the molecule is CCCCCCCn1c(-c2cc(-c3ccc(Cl)cc3)nc(N)n2)nc2ccccc21. The summed E-state index contributed by atoms with van der Waals surface area (Å²) in [7, 11) is 0. The molecule has 0 unspecified atom stereocenters. The average molecular weight is 420 g/mol. The van der Waals surface area contributed by atoms with E-state index in [0.717, 1.165) is 46.8 Å². The molecule has 0 bridgehead atoms. The first-order valence-corrected chi connectivity index (χ1v) is 10.9. The molecule has 0 spiro atoms. The number of benzene rings is 2. The standard InChI is InChI=1S/C24H26ClN5/c1-2-3-4-5-8-15-30-22-10-7-6-9-19(22)27-23(30)21-16-20(28-24(26)29-21)17-11-13-18(25)14-12-17/h6-7,9-14,16H,2-5,8,15H2,1H3,(H2,26,28,29). The highest BCUT2D eigenvalue weighted by Gasteiger charge is 2.16. The van der Waals surface area contributed by atoms with Crippen molar-refractivity contribution in [2.75, 3.05) is 5.73 Å². The predicted molar refractivity (Wildman–Crippen MR) is 124 cm³/mol. The van der Waals surface area contributed by atoms with E-state index in [4.69, 9.17) is 22.3 Å². The fourth-order valence-corrected chi connectivity index (χ4v) is 3.85. The van der Waals surface area contributed by atoms with Gasteiger partial charge in [-0.1, -0.05) is 68.5 Å². The molecule has 2 N–H and O–H groups in total. The summed E-state index contributed by atoms with van der Waals surface area (Å²) in [5.41, 5.74) is 10.6. The zero-order chi connectivity index (χ0) is 20.9. The molecule has 2 heterocycles. The molecule has 2 aromatic heterocycles. The molecule has 4 rings (SSSR count). The van der Waals surface area contributed by atoms with Crippen LogP contribution in [0.2, 0.25) is 5.02 Å². The fourth-order valence-electron chi connectivity index (χ4n) is 3.72. The lowest BCUT2D eigenvalue weighted by Gasteiger charge is -2.10. The summed E-state index contributed by atoms with van der Waals surface area (Å²) in [6.45, 7) is 3.14. The summed E-state index contributed by atoms with van der Waals surface area (Å²) in [5.74, 6) is 1.06. The lowest BCUT2D eigenvalue weighted by Crippen LogP contribution is -2.05. The number of nitrogen functional groups attached to an aromatic ring is 1. The molecular formula is C24H26ClN5. The van der Waals surface area contributed by atoms with Crippen LogP contribution in [0.1, 0.15) is 39.0 Å². The van der Waals surface area contributed by atoms with Crippen LogP contribution in [0.5, 0.6) is 0 Å². The Kier molecular flexibility index (Phi) is 6.29. The van der Waals surface area contributed by atoms with Gasteiger partial charge in [0.05, 0.1) is 16.7 Å². The molecule has 0 aliphatic carbocycles. The molecule has 0 fully saturated rings. The van der Waals surface area contributed by atoms with E-state index in [1.54, 1.807) is 0 Å². The maximum atomic E-state index is 6.08. The Labute approximate surface area is 182 Å². The minimum atomic E-state index is 0.235. The van der Waals surface area contributed by atoms with Crippen LogP contribution in [0.25, 0.3) is 33.8 Å². The first kappa shape index (κ1) is 20.4. The highest BCUT2D eigenvalue weighted by molar-refractivity contribution is 6.30. The highest BCUT2D eigenvalue weighted by Crippen LogP contribution is 2.28. The number of anilines is 1. The van der Waals surface area contributed by atoms with Crippen LogP contribution in [-0.4, -0.2) is 19.5 Å². The quantitative estimate of drug-likeness (QED) is 0.337. The second-order valence-corrected chi connectivity index (χ2v) is 7.93. The number of halogens is 1. The molecule has 5 nitrogen and oxygen atoms in total. The number of aryl methyl sites for hydroxylation is 1. The number of imidazole rings is 1. The number of para-hydroxylation sites is 2. The Bertz CT molecular complexity index is 1130. The van der Waals surface area contributed by atoms with E-state index in [1.165, 1.54) is 25.7 Å². The molecule has 154 valence electrons. The Balaban J connectivity index is 1.73. The largest absolute Gasteiger partial charge is 0.368 e. The van der Waals surface area contributed by atoms with E-state index in [2.05, 4.69) is 33.6 Å². The minimum Gasteiger partial charge on any atom is -0.368 e. The molecule has 0 radical (unpaired) electrons. The summed E-state index contributed by atoms with van der Waals surface area (Å²) in [6, 6.07) is 17.7. The Morgan fingerprint density at radius 3 is 2.40 bits per heavy atom. The van der Waals surface area contributed by atoms with Crippen molar-refractivity contribution in [1.29, 1.82) is 0 Å².